The fourth-order valence-electron chi connectivity index (χ4n) is 3.68. The zero-order valence-electron chi connectivity index (χ0n) is 13.0. The van der Waals surface area contributed by atoms with E-state index in [1.54, 1.807) is 12.4 Å². The van der Waals surface area contributed by atoms with Crippen LogP contribution >= 0.6 is 0 Å². The highest BCUT2D eigenvalue weighted by Crippen LogP contribution is 2.33. The second kappa shape index (κ2) is 7.14. The van der Waals surface area contributed by atoms with Crippen molar-refractivity contribution in [1.82, 2.24) is 14.9 Å². The first kappa shape index (κ1) is 15.4. The molecule has 0 radical (unpaired) electrons. The van der Waals surface area contributed by atoms with E-state index < -0.39 is 0 Å². The molecule has 1 saturated carbocycles. The number of nitrogens with two attached hydrogens (primary N) is 1. The molecular formula is C16H28N4. The van der Waals surface area contributed by atoms with E-state index in [0.29, 0.717) is 18.0 Å². The molecule has 0 spiro atoms. The Bertz CT molecular complexity index is 421. The lowest BCUT2D eigenvalue weighted by atomic mass is 9.82. The molecule has 2 N–H and O–H groups in total. The molecule has 0 bridgehead atoms. The Morgan fingerprint density at radius 1 is 1.30 bits per heavy atom. The van der Waals surface area contributed by atoms with Gasteiger partial charge in [0.25, 0.3) is 0 Å². The van der Waals surface area contributed by atoms with E-state index in [0.717, 1.165) is 24.5 Å². The van der Waals surface area contributed by atoms with Crippen LogP contribution in [0, 0.1) is 12.8 Å². The Balaban J connectivity index is 2.20. The molecule has 2 rings (SSSR count). The molecule has 1 aromatic heterocycles. The summed E-state index contributed by atoms with van der Waals surface area (Å²) in [5.41, 5.74) is 8.15. The van der Waals surface area contributed by atoms with Crippen molar-refractivity contribution in [1.29, 1.82) is 0 Å². The van der Waals surface area contributed by atoms with E-state index in [9.17, 15) is 0 Å². The summed E-state index contributed by atoms with van der Waals surface area (Å²) in [6, 6.07) is 0.904. The molecule has 0 amide bonds. The highest BCUT2D eigenvalue weighted by molar-refractivity contribution is 5.13. The fourth-order valence-corrected chi connectivity index (χ4v) is 3.68. The smallest absolute Gasteiger partial charge is 0.0784 e. The maximum atomic E-state index is 6.00. The van der Waals surface area contributed by atoms with Gasteiger partial charge in [-0.1, -0.05) is 19.8 Å². The van der Waals surface area contributed by atoms with Crippen LogP contribution in [0.5, 0.6) is 0 Å². The summed E-state index contributed by atoms with van der Waals surface area (Å²) < 4.78 is 0. The second-order valence-corrected chi connectivity index (χ2v) is 5.88. The molecule has 0 aliphatic heterocycles. The van der Waals surface area contributed by atoms with Crippen molar-refractivity contribution in [2.24, 2.45) is 11.7 Å². The predicted octanol–water partition coefficient (Wildman–Crippen LogP) is 2.69. The molecule has 1 aromatic rings. The van der Waals surface area contributed by atoms with Crippen LogP contribution in [-0.4, -0.2) is 34.0 Å². The summed E-state index contributed by atoms with van der Waals surface area (Å²) >= 11 is 0. The zero-order chi connectivity index (χ0) is 14.5. The monoisotopic (exact) mass is 276 g/mol. The van der Waals surface area contributed by atoms with Crippen LogP contribution in [0.4, 0.5) is 0 Å². The van der Waals surface area contributed by atoms with Gasteiger partial charge in [-0.2, -0.15) is 0 Å². The summed E-state index contributed by atoms with van der Waals surface area (Å²) in [7, 11) is 0. The zero-order valence-corrected chi connectivity index (χ0v) is 13.0. The standard InChI is InChI=1S/C16H28N4/c1-4-20(15-8-6-5-7-14(15)11-17)13(3)16-12(2)18-9-10-19-16/h9-10,13-15H,4-8,11,17H2,1-3H3. The molecule has 3 atom stereocenters. The SMILES string of the molecule is CCN(C(C)c1nccnc1C)C1CCCCC1CN. The van der Waals surface area contributed by atoms with Crippen molar-refractivity contribution in [3.63, 3.8) is 0 Å². The summed E-state index contributed by atoms with van der Waals surface area (Å²) in [5.74, 6) is 0.628. The molecule has 4 heteroatoms. The van der Waals surface area contributed by atoms with E-state index in [-0.39, 0.29) is 0 Å². The third-order valence-corrected chi connectivity index (χ3v) is 4.78. The lowest BCUT2D eigenvalue weighted by Crippen LogP contribution is -2.46. The summed E-state index contributed by atoms with van der Waals surface area (Å²) in [4.78, 5) is 11.5. The van der Waals surface area contributed by atoms with Crippen molar-refractivity contribution < 1.29 is 0 Å². The van der Waals surface area contributed by atoms with E-state index in [4.69, 9.17) is 5.73 Å². The van der Waals surface area contributed by atoms with Gasteiger partial charge in [-0.15, -0.1) is 0 Å². The fraction of sp³-hybridized carbons (Fsp3) is 0.750. The molecule has 0 saturated heterocycles. The van der Waals surface area contributed by atoms with Crippen LogP contribution in [0.2, 0.25) is 0 Å². The molecule has 20 heavy (non-hydrogen) atoms. The maximum absolute atomic E-state index is 6.00. The molecular weight excluding hydrogens is 248 g/mol. The van der Waals surface area contributed by atoms with Crippen LogP contribution < -0.4 is 5.73 Å². The van der Waals surface area contributed by atoms with Gasteiger partial charge in [-0.25, -0.2) is 0 Å². The van der Waals surface area contributed by atoms with Crippen molar-refractivity contribution in [2.45, 2.75) is 58.5 Å². The van der Waals surface area contributed by atoms with Gasteiger partial charge in [0, 0.05) is 18.4 Å². The first-order valence-corrected chi connectivity index (χ1v) is 7.92. The maximum Gasteiger partial charge on any atom is 0.0784 e. The van der Waals surface area contributed by atoms with E-state index in [1.807, 2.05) is 6.92 Å². The van der Waals surface area contributed by atoms with E-state index >= 15 is 0 Å². The number of aryl methyl sites for hydroxylation is 1. The third kappa shape index (κ3) is 3.18. The van der Waals surface area contributed by atoms with E-state index in [1.165, 1.54) is 25.7 Å². The van der Waals surface area contributed by atoms with Crippen LogP contribution in [-0.2, 0) is 0 Å². The van der Waals surface area contributed by atoms with Crippen molar-refractivity contribution >= 4 is 0 Å². The number of rotatable bonds is 5. The molecule has 112 valence electrons. The minimum atomic E-state index is 0.311. The molecule has 1 aliphatic rings. The topological polar surface area (TPSA) is 55.0 Å². The highest BCUT2D eigenvalue weighted by atomic mass is 15.2. The van der Waals surface area contributed by atoms with Crippen molar-refractivity contribution in [2.75, 3.05) is 13.1 Å². The lowest BCUT2D eigenvalue weighted by molar-refractivity contribution is 0.0749. The normalized spacial score (nSPS) is 24.9. The molecule has 1 aliphatic carbocycles. The van der Waals surface area contributed by atoms with Gasteiger partial charge < -0.3 is 5.73 Å². The van der Waals surface area contributed by atoms with Gasteiger partial charge in [-0.05, 0) is 45.7 Å². The average molecular weight is 276 g/mol. The first-order valence-electron chi connectivity index (χ1n) is 7.92. The van der Waals surface area contributed by atoms with Gasteiger partial charge in [0.2, 0.25) is 0 Å². The third-order valence-electron chi connectivity index (χ3n) is 4.78. The summed E-state index contributed by atoms with van der Waals surface area (Å²) in [6.07, 6.45) is 8.75. The molecule has 3 unspecified atom stereocenters. The lowest BCUT2D eigenvalue weighted by Gasteiger charge is -2.42. The van der Waals surface area contributed by atoms with Crippen LogP contribution in [0.15, 0.2) is 12.4 Å². The molecule has 1 heterocycles. The van der Waals surface area contributed by atoms with Gasteiger partial charge in [0.05, 0.1) is 17.4 Å². The van der Waals surface area contributed by atoms with Crippen molar-refractivity contribution in [3.8, 4) is 0 Å². The van der Waals surface area contributed by atoms with Crippen molar-refractivity contribution in [3.05, 3.63) is 23.8 Å². The number of aromatic nitrogens is 2. The van der Waals surface area contributed by atoms with Crippen LogP contribution in [0.1, 0.15) is 57.0 Å². The first-order chi connectivity index (χ1) is 9.69. The molecule has 0 aromatic carbocycles. The minimum Gasteiger partial charge on any atom is -0.330 e. The Hall–Kier alpha value is -1.00. The quantitative estimate of drug-likeness (QED) is 0.898. The summed E-state index contributed by atoms with van der Waals surface area (Å²) in [6.45, 7) is 8.38. The number of nitrogens with zero attached hydrogens (tertiary/aromatic N) is 3. The Morgan fingerprint density at radius 3 is 2.65 bits per heavy atom. The molecule has 4 nitrogen and oxygen atoms in total. The largest absolute Gasteiger partial charge is 0.330 e. The summed E-state index contributed by atoms with van der Waals surface area (Å²) in [5, 5.41) is 0. The minimum absolute atomic E-state index is 0.311. The Kier molecular flexibility index (Phi) is 5.49. The van der Waals surface area contributed by atoms with Crippen LogP contribution in [0.25, 0.3) is 0 Å². The van der Waals surface area contributed by atoms with Gasteiger partial charge in [-0.3, -0.25) is 14.9 Å². The van der Waals surface area contributed by atoms with E-state index in [2.05, 4.69) is 28.7 Å². The number of hydrogen-bond donors (Lipinski definition) is 1. The Labute approximate surface area is 122 Å². The second-order valence-electron chi connectivity index (χ2n) is 5.88. The van der Waals surface area contributed by atoms with Gasteiger partial charge in [0.15, 0.2) is 0 Å². The predicted molar refractivity (Wildman–Crippen MR) is 82.4 cm³/mol. The highest BCUT2D eigenvalue weighted by Gasteiger charge is 2.32. The Morgan fingerprint density at radius 2 is 2.00 bits per heavy atom. The number of hydrogen-bond acceptors (Lipinski definition) is 4. The molecule has 1 fully saturated rings. The van der Waals surface area contributed by atoms with Crippen LogP contribution in [0.3, 0.4) is 0 Å². The van der Waals surface area contributed by atoms with Gasteiger partial charge >= 0.3 is 0 Å². The average Bonchev–Trinajstić information content (AvgIpc) is 2.49. The van der Waals surface area contributed by atoms with Gasteiger partial charge in [0.1, 0.15) is 0 Å².